The maximum atomic E-state index is 5.82. The molecule has 2 rings (SSSR count). The average molecular weight is 258 g/mol. The minimum atomic E-state index is 0.597. The van der Waals surface area contributed by atoms with E-state index in [1.54, 1.807) is 14.2 Å². The fourth-order valence-corrected chi connectivity index (χ4v) is 1.97. The third-order valence-corrected chi connectivity index (χ3v) is 3.03. The molecule has 0 aromatic heterocycles. The van der Waals surface area contributed by atoms with Crippen molar-refractivity contribution in [1.29, 1.82) is 0 Å². The first-order chi connectivity index (χ1) is 9.13. The second kappa shape index (κ2) is 5.52. The summed E-state index contributed by atoms with van der Waals surface area (Å²) in [5, 5.41) is 0. The molecule has 2 aromatic carbocycles. The normalized spacial score (nSPS) is 10.2. The van der Waals surface area contributed by atoms with Gasteiger partial charge in [0.05, 0.1) is 25.6 Å². The van der Waals surface area contributed by atoms with Gasteiger partial charge >= 0.3 is 0 Å². The van der Waals surface area contributed by atoms with Gasteiger partial charge in [-0.25, -0.2) is 0 Å². The maximum absolute atomic E-state index is 5.82. The molecule has 0 amide bonds. The van der Waals surface area contributed by atoms with Gasteiger partial charge in [0.15, 0.2) is 0 Å². The van der Waals surface area contributed by atoms with E-state index in [0.717, 1.165) is 22.6 Å². The highest BCUT2D eigenvalue weighted by Gasteiger charge is 2.07. The molecule has 0 aliphatic rings. The molecule has 19 heavy (non-hydrogen) atoms. The molecule has 100 valence electrons. The second-order valence-electron chi connectivity index (χ2n) is 4.32. The van der Waals surface area contributed by atoms with Gasteiger partial charge in [0, 0.05) is 12.0 Å². The summed E-state index contributed by atoms with van der Waals surface area (Å²) in [6.07, 6.45) is 0.713. The zero-order valence-electron chi connectivity index (χ0n) is 11.1. The Bertz CT molecular complexity index is 582. The van der Waals surface area contributed by atoms with Crippen LogP contribution in [0.1, 0.15) is 11.1 Å². The molecule has 0 saturated heterocycles. The van der Waals surface area contributed by atoms with Crippen molar-refractivity contribution in [3.8, 4) is 11.5 Å². The van der Waals surface area contributed by atoms with Gasteiger partial charge in [-0.15, -0.1) is 0 Å². The number of hydrogen-bond acceptors (Lipinski definition) is 4. The molecule has 0 fully saturated rings. The highest BCUT2D eigenvalue weighted by atomic mass is 16.5. The lowest BCUT2D eigenvalue weighted by molar-refractivity contribution is 0.399. The van der Waals surface area contributed by atoms with Crippen LogP contribution in [0.3, 0.4) is 0 Å². The van der Waals surface area contributed by atoms with Crippen molar-refractivity contribution >= 4 is 11.4 Å². The predicted molar refractivity (Wildman–Crippen MR) is 77.6 cm³/mol. The van der Waals surface area contributed by atoms with Gasteiger partial charge in [-0.05, 0) is 35.9 Å². The Balaban J connectivity index is 2.33. The molecule has 0 heterocycles. The lowest BCUT2D eigenvalue weighted by Crippen LogP contribution is -1.98. The number of nitrogens with two attached hydrogens (primary N) is 2. The number of anilines is 2. The van der Waals surface area contributed by atoms with Crippen molar-refractivity contribution in [2.45, 2.75) is 6.42 Å². The maximum Gasteiger partial charge on any atom is 0.122 e. The Morgan fingerprint density at radius 1 is 0.895 bits per heavy atom. The third kappa shape index (κ3) is 2.91. The van der Waals surface area contributed by atoms with Gasteiger partial charge in [0.25, 0.3) is 0 Å². The van der Waals surface area contributed by atoms with Crippen molar-refractivity contribution in [2.75, 3.05) is 25.7 Å². The van der Waals surface area contributed by atoms with Gasteiger partial charge in [-0.3, -0.25) is 0 Å². The van der Waals surface area contributed by atoms with Crippen LogP contribution in [0.4, 0.5) is 11.4 Å². The van der Waals surface area contributed by atoms with Crippen molar-refractivity contribution < 1.29 is 9.47 Å². The molecule has 0 bridgehead atoms. The molecule has 0 atom stereocenters. The number of nitrogen functional groups attached to an aromatic ring is 2. The van der Waals surface area contributed by atoms with Crippen molar-refractivity contribution in [3.63, 3.8) is 0 Å². The molecule has 4 N–H and O–H groups in total. The number of rotatable bonds is 4. The molecule has 4 nitrogen and oxygen atoms in total. The minimum Gasteiger partial charge on any atom is -0.497 e. The fraction of sp³-hybridized carbons (Fsp3) is 0.200. The Labute approximate surface area is 112 Å². The Hall–Kier alpha value is -2.36. The number of ether oxygens (including phenoxy) is 2. The highest BCUT2D eigenvalue weighted by molar-refractivity contribution is 5.64. The van der Waals surface area contributed by atoms with E-state index in [1.807, 2.05) is 36.4 Å². The van der Waals surface area contributed by atoms with Gasteiger partial charge < -0.3 is 20.9 Å². The van der Waals surface area contributed by atoms with Gasteiger partial charge in [-0.2, -0.15) is 0 Å². The number of hydrogen-bond donors (Lipinski definition) is 2. The van der Waals surface area contributed by atoms with Crippen molar-refractivity contribution in [2.24, 2.45) is 0 Å². The van der Waals surface area contributed by atoms with Crippen LogP contribution in [-0.2, 0) is 6.42 Å². The second-order valence-corrected chi connectivity index (χ2v) is 4.32. The first-order valence-corrected chi connectivity index (χ1v) is 5.99. The minimum absolute atomic E-state index is 0.597. The fourth-order valence-electron chi connectivity index (χ4n) is 1.97. The SMILES string of the molecule is COc1ccc(OC)c(Cc2ccc(N)c(N)c2)c1. The molecule has 0 aliphatic heterocycles. The largest absolute Gasteiger partial charge is 0.497 e. The Morgan fingerprint density at radius 2 is 1.68 bits per heavy atom. The molecule has 2 aromatic rings. The smallest absolute Gasteiger partial charge is 0.122 e. The van der Waals surface area contributed by atoms with Crippen LogP contribution in [0.15, 0.2) is 36.4 Å². The van der Waals surface area contributed by atoms with Crippen LogP contribution in [0.25, 0.3) is 0 Å². The van der Waals surface area contributed by atoms with Crippen LogP contribution in [0.2, 0.25) is 0 Å². The standard InChI is InChI=1S/C15H18N2O2/c1-18-12-4-6-15(19-2)11(9-12)7-10-3-5-13(16)14(17)8-10/h3-6,8-9H,7,16-17H2,1-2H3. The Morgan fingerprint density at radius 3 is 2.32 bits per heavy atom. The lowest BCUT2D eigenvalue weighted by atomic mass is 10.0. The van der Waals surface area contributed by atoms with E-state index in [4.69, 9.17) is 20.9 Å². The number of methoxy groups -OCH3 is 2. The van der Waals surface area contributed by atoms with Crippen LogP contribution < -0.4 is 20.9 Å². The molecular weight excluding hydrogens is 240 g/mol. The zero-order valence-corrected chi connectivity index (χ0v) is 11.1. The van der Waals surface area contributed by atoms with Crippen LogP contribution in [0.5, 0.6) is 11.5 Å². The van der Waals surface area contributed by atoms with Gasteiger partial charge in [0.1, 0.15) is 11.5 Å². The molecule has 4 heteroatoms. The summed E-state index contributed by atoms with van der Waals surface area (Å²) in [7, 11) is 3.30. The molecule has 0 unspecified atom stereocenters. The third-order valence-electron chi connectivity index (χ3n) is 3.03. The molecule has 0 radical (unpaired) electrons. The summed E-state index contributed by atoms with van der Waals surface area (Å²) in [5.41, 5.74) is 14.9. The van der Waals surface area contributed by atoms with Gasteiger partial charge in [-0.1, -0.05) is 6.07 Å². The topological polar surface area (TPSA) is 70.5 Å². The van der Waals surface area contributed by atoms with E-state index in [9.17, 15) is 0 Å². The first kappa shape index (κ1) is 13.1. The summed E-state index contributed by atoms with van der Waals surface area (Å²) >= 11 is 0. The van der Waals surface area contributed by atoms with Crippen LogP contribution >= 0.6 is 0 Å². The van der Waals surface area contributed by atoms with E-state index in [0.29, 0.717) is 17.8 Å². The van der Waals surface area contributed by atoms with E-state index >= 15 is 0 Å². The van der Waals surface area contributed by atoms with E-state index < -0.39 is 0 Å². The average Bonchev–Trinajstić information content (AvgIpc) is 2.43. The van der Waals surface area contributed by atoms with E-state index in [2.05, 4.69) is 0 Å². The number of benzene rings is 2. The van der Waals surface area contributed by atoms with E-state index in [-0.39, 0.29) is 0 Å². The zero-order chi connectivity index (χ0) is 13.8. The van der Waals surface area contributed by atoms with Crippen molar-refractivity contribution in [3.05, 3.63) is 47.5 Å². The Kier molecular flexibility index (Phi) is 3.80. The highest BCUT2D eigenvalue weighted by Crippen LogP contribution is 2.27. The van der Waals surface area contributed by atoms with Crippen molar-refractivity contribution in [1.82, 2.24) is 0 Å². The summed E-state index contributed by atoms with van der Waals surface area (Å²) in [6.45, 7) is 0. The van der Waals surface area contributed by atoms with Crippen LogP contribution in [-0.4, -0.2) is 14.2 Å². The van der Waals surface area contributed by atoms with Gasteiger partial charge in [0.2, 0.25) is 0 Å². The van der Waals surface area contributed by atoms with E-state index in [1.165, 1.54) is 0 Å². The quantitative estimate of drug-likeness (QED) is 0.826. The monoisotopic (exact) mass is 258 g/mol. The molecule has 0 saturated carbocycles. The first-order valence-electron chi connectivity index (χ1n) is 5.99. The molecular formula is C15H18N2O2. The molecule has 0 spiro atoms. The predicted octanol–water partition coefficient (Wildman–Crippen LogP) is 2.46. The molecule has 0 aliphatic carbocycles. The summed E-state index contributed by atoms with van der Waals surface area (Å²) in [4.78, 5) is 0. The lowest BCUT2D eigenvalue weighted by Gasteiger charge is -2.11. The summed E-state index contributed by atoms with van der Waals surface area (Å²) in [5.74, 6) is 1.63. The summed E-state index contributed by atoms with van der Waals surface area (Å²) < 4.78 is 10.6. The van der Waals surface area contributed by atoms with Crippen LogP contribution in [0, 0.1) is 0 Å². The summed E-state index contributed by atoms with van der Waals surface area (Å²) in [6, 6.07) is 11.4.